The summed E-state index contributed by atoms with van der Waals surface area (Å²) in [6.07, 6.45) is 1.54. The molecule has 0 atom stereocenters. The molecular weight excluding hydrogens is 143 g/mol. The Morgan fingerprint density at radius 1 is 1.18 bits per heavy atom. The summed E-state index contributed by atoms with van der Waals surface area (Å²) in [5.74, 6) is -0.245. The number of fused-ring (bicyclic) bond motifs is 1. The van der Waals surface area contributed by atoms with Crippen LogP contribution in [0.4, 0.5) is 4.39 Å². The predicted octanol–water partition coefficient (Wildman–Crippen LogP) is 1.77. The van der Waals surface area contributed by atoms with E-state index in [4.69, 9.17) is 0 Å². The van der Waals surface area contributed by atoms with E-state index in [1.54, 1.807) is 18.3 Å². The molecule has 1 heterocycles. The molecule has 0 N–H and O–H groups in total. The highest BCUT2D eigenvalue weighted by Crippen LogP contribution is 2.10. The largest absolute Gasteiger partial charge is 0.207 e. The maximum absolute atomic E-state index is 12.6. The van der Waals surface area contributed by atoms with Crippen molar-refractivity contribution >= 4 is 10.9 Å². The molecule has 0 unspecified atom stereocenters. The SMILES string of the molecule is Fc1ccc2nnccc2c1. The summed E-state index contributed by atoms with van der Waals surface area (Å²) >= 11 is 0. The molecule has 2 aromatic rings. The monoisotopic (exact) mass is 148 g/mol. The maximum Gasteiger partial charge on any atom is 0.123 e. The van der Waals surface area contributed by atoms with Gasteiger partial charge in [-0.15, -0.1) is 0 Å². The lowest BCUT2D eigenvalue weighted by Gasteiger charge is -1.92. The van der Waals surface area contributed by atoms with Gasteiger partial charge in [-0.1, -0.05) is 0 Å². The van der Waals surface area contributed by atoms with E-state index >= 15 is 0 Å². The van der Waals surface area contributed by atoms with Crippen molar-refractivity contribution < 1.29 is 4.39 Å². The molecule has 0 amide bonds. The molecular formula is C8H5FN2. The zero-order valence-electron chi connectivity index (χ0n) is 5.66. The molecule has 0 aliphatic heterocycles. The first kappa shape index (κ1) is 6.22. The molecule has 54 valence electrons. The van der Waals surface area contributed by atoms with Gasteiger partial charge in [0.2, 0.25) is 0 Å². The summed E-state index contributed by atoms with van der Waals surface area (Å²) in [5, 5.41) is 8.25. The first-order valence-electron chi connectivity index (χ1n) is 3.23. The molecule has 1 aromatic carbocycles. The van der Waals surface area contributed by atoms with Crippen molar-refractivity contribution in [2.45, 2.75) is 0 Å². The standard InChI is InChI=1S/C8H5FN2/c9-7-1-2-8-6(5-7)3-4-10-11-8/h1-5H. The van der Waals surface area contributed by atoms with Crippen LogP contribution in [0.3, 0.4) is 0 Å². The fourth-order valence-electron chi connectivity index (χ4n) is 0.959. The van der Waals surface area contributed by atoms with Crippen LogP contribution in [0.2, 0.25) is 0 Å². The molecule has 2 rings (SSSR count). The van der Waals surface area contributed by atoms with E-state index in [0.717, 1.165) is 5.39 Å². The number of aromatic nitrogens is 2. The number of benzene rings is 1. The average Bonchev–Trinajstić information content (AvgIpc) is 2.04. The summed E-state index contributed by atoms with van der Waals surface area (Å²) in [7, 11) is 0. The van der Waals surface area contributed by atoms with Crippen LogP contribution in [0.1, 0.15) is 0 Å². The van der Waals surface area contributed by atoms with E-state index < -0.39 is 0 Å². The number of hydrogen-bond donors (Lipinski definition) is 0. The molecule has 0 saturated heterocycles. The Bertz CT molecular complexity index is 387. The summed E-state index contributed by atoms with van der Waals surface area (Å²) < 4.78 is 12.6. The van der Waals surface area contributed by atoms with E-state index in [0.29, 0.717) is 5.52 Å². The fourth-order valence-corrected chi connectivity index (χ4v) is 0.959. The number of rotatable bonds is 0. The normalized spacial score (nSPS) is 10.3. The average molecular weight is 148 g/mol. The lowest BCUT2D eigenvalue weighted by molar-refractivity contribution is 0.629. The van der Waals surface area contributed by atoms with Gasteiger partial charge >= 0.3 is 0 Å². The van der Waals surface area contributed by atoms with Gasteiger partial charge in [0.05, 0.1) is 11.7 Å². The summed E-state index contributed by atoms with van der Waals surface area (Å²) in [5.41, 5.74) is 0.717. The van der Waals surface area contributed by atoms with Gasteiger partial charge in [0, 0.05) is 5.39 Å². The van der Waals surface area contributed by atoms with Crippen molar-refractivity contribution in [2.75, 3.05) is 0 Å². The Kier molecular flexibility index (Phi) is 1.28. The minimum Gasteiger partial charge on any atom is -0.207 e. The second-order valence-corrected chi connectivity index (χ2v) is 2.23. The summed E-state index contributed by atoms with van der Waals surface area (Å²) in [4.78, 5) is 0. The van der Waals surface area contributed by atoms with Gasteiger partial charge in [0.15, 0.2) is 0 Å². The number of hydrogen-bond acceptors (Lipinski definition) is 2. The van der Waals surface area contributed by atoms with Crippen LogP contribution in [-0.2, 0) is 0 Å². The molecule has 0 saturated carbocycles. The molecule has 0 aliphatic rings. The lowest BCUT2D eigenvalue weighted by Crippen LogP contribution is -1.82. The van der Waals surface area contributed by atoms with Crippen LogP contribution in [-0.4, -0.2) is 10.2 Å². The van der Waals surface area contributed by atoms with Crippen LogP contribution in [0.5, 0.6) is 0 Å². The highest BCUT2D eigenvalue weighted by Gasteiger charge is 1.94. The second kappa shape index (κ2) is 2.27. The quantitative estimate of drug-likeness (QED) is 0.569. The molecule has 3 heteroatoms. The first-order valence-corrected chi connectivity index (χ1v) is 3.23. The molecule has 0 aliphatic carbocycles. The Hall–Kier alpha value is -1.51. The Morgan fingerprint density at radius 3 is 3.00 bits per heavy atom. The third-order valence-corrected chi connectivity index (χ3v) is 1.48. The van der Waals surface area contributed by atoms with Crippen LogP contribution < -0.4 is 0 Å². The van der Waals surface area contributed by atoms with Crippen LogP contribution in [0, 0.1) is 5.82 Å². The third kappa shape index (κ3) is 1.05. The van der Waals surface area contributed by atoms with Crippen LogP contribution >= 0.6 is 0 Å². The lowest BCUT2D eigenvalue weighted by atomic mass is 10.2. The van der Waals surface area contributed by atoms with Gasteiger partial charge in [-0.2, -0.15) is 10.2 Å². The van der Waals surface area contributed by atoms with Gasteiger partial charge < -0.3 is 0 Å². The molecule has 0 spiro atoms. The van der Waals surface area contributed by atoms with Crippen molar-refractivity contribution in [3.05, 3.63) is 36.3 Å². The van der Waals surface area contributed by atoms with E-state index in [1.165, 1.54) is 12.1 Å². The smallest absolute Gasteiger partial charge is 0.123 e. The molecule has 11 heavy (non-hydrogen) atoms. The van der Waals surface area contributed by atoms with Crippen molar-refractivity contribution in [1.82, 2.24) is 10.2 Å². The highest BCUT2D eigenvalue weighted by molar-refractivity contribution is 5.77. The second-order valence-electron chi connectivity index (χ2n) is 2.23. The van der Waals surface area contributed by atoms with Crippen LogP contribution in [0.25, 0.3) is 10.9 Å². The minimum atomic E-state index is -0.245. The summed E-state index contributed by atoms with van der Waals surface area (Å²) in [6, 6.07) is 6.14. The van der Waals surface area contributed by atoms with Gasteiger partial charge in [-0.3, -0.25) is 0 Å². The topological polar surface area (TPSA) is 25.8 Å². The van der Waals surface area contributed by atoms with Crippen LogP contribution in [0.15, 0.2) is 30.5 Å². The third-order valence-electron chi connectivity index (χ3n) is 1.48. The highest BCUT2D eigenvalue weighted by atomic mass is 19.1. The van der Waals surface area contributed by atoms with E-state index in [9.17, 15) is 4.39 Å². The molecule has 0 bridgehead atoms. The van der Waals surface area contributed by atoms with Gasteiger partial charge in [-0.05, 0) is 24.3 Å². The predicted molar refractivity (Wildman–Crippen MR) is 39.5 cm³/mol. The van der Waals surface area contributed by atoms with Crippen molar-refractivity contribution in [3.63, 3.8) is 0 Å². The number of halogens is 1. The zero-order chi connectivity index (χ0) is 7.68. The summed E-state index contributed by atoms with van der Waals surface area (Å²) in [6.45, 7) is 0. The zero-order valence-corrected chi connectivity index (χ0v) is 5.66. The van der Waals surface area contributed by atoms with Crippen molar-refractivity contribution in [1.29, 1.82) is 0 Å². The Balaban J connectivity index is 2.83. The van der Waals surface area contributed by atoms with Gasteiger partial charge in [-0.25, -0.2) is 4.39 Å². The number of nitrogens with zero attached hydrogens (tertiary/aromatic N) is 2. The van der Waals surface area contributed by atoms with E-state index in [2.05, 4.69) is 10.2 Å². The molecule has 1 aromatic heterocycles. The van der Waals surface area contributed by atoms with E-state index in [-0.39, 0.29) is 5.82 Å². The molecule has 0 radical (unpaired) electrons. The van der Waals surface area contributed by atoms with Gasteiger partial charge in [0.1, 0.15) is 5.82 Å². The fraction of sp³-hybridized carbons (Fsp3) is 0. The molecule has 2 nitrogen and oxygen atoms in total. The minimum absolute atomic E-state index is 0.245. The Labute approximate surface area is 62.7 Å². The Morgan fingerprint density at radius 2 is 2.09 bits per heavy atom. The van der Waals surface area contributed by atoms with Crippen molar-refractivity contribution in [3.8, 4) is 0 Å². The van der Waals surface area contributed by atoms with E-state index in [1.807, 2.05) is 0 Å². The van der Waals surface area contributed by atoms with Gasteiger partial charge in [0.25, 0.3) is 0 Å². The first-order chi connectivity index (χ1) is 5.36. The molecule has 0 fully saturated rings. The van der Waals surface area contributed by atoms with Crippen molar-refractivity contribution in [2.24, 2.45) is 0 Å². The maximum atomic E-state index is 12.6.